The molecule has 2 N–H and O–H groups in total. The van der Waals surface area contributed by atoms with Gasteiger partial charge in [-0.1, -0.05) is 26.0 Å². The van der Waals surface area contributed by atoms with Crippen LogP contribution in [0.15, 0.2) is 42.7 Å². The summed E-state index contributed by atoms with van der Waals surface area (Å²) in [6, 6.07) is 9.54. The Hall–Kier alpha value is -2.07. The van der Waals surface area contributed by atoms with Crippen LogP contribution in [0.3, 0.4) is 0 Å². The van der Waals surface area contributed by atoms with Crippen LogP contribution in [0.2, 0.25) is 0 Å². The quantitative estimate of drug-likeness (QED) is 0.807. The number of pyridine rings is 1. The number of ether oxygens (including phenoxy) is 2. The smallest absolute Gasteiger partial charge is 0.161 e. The van der Waals surface area contributed by atoms with Gasteiger partial charge in [0.15, 0.2) is 11.5 Å². The van der Waals surface area contributed by atoms with Gasteiger partial charge in [0.25, 0.3) is 0 Å². The number of benzene rings is 1. The van der Waals surface area contributed by atoms with Gasteiger partial charge in [-0.3, -0.25) is 4.98 Å². The number of rotatable bonds is 8. The zero-order valence-corrected chi connectivity index (χ0v) is 13.3. The molecule has 4 heteroatoms. The highest BCUT2D eigenvalue weighted by Crippen LogP contribution is 2.32. The zero-order chi connectivity index (χ0) is 15.8. The van der Waals surface area contributed by atoms with Crippen LogP contribution in [0.4, 0.5) is 0 Å². The van der Waals surface area contributed by atoms with E-state index in [0.717, 1.165) is 35.5 Å². The highest BCUT2D eigenvalue weighted by Gasteiger charge is 2.13. The number of nitrogens with zero attached hydrogens (tertiary/aromatic N) is 1. The molecule has 2 aromatic rings. The van der Waals surface area contributed by atoms with Crippen molar-refractivity contribution in [3.63, 3.8) is 0 Å². The summed E-state index contributed by atoms with van der Waals surface area (Å²) in [5.74, 6) is 1.53. The van der Waals surface area contributed by atoms with Gasteiger partial charge in [0, 0.05) is 12.4 Å². The molecular weight excluding hydrogens is 276 g/mol. The minimum Gasteiger partial charge on any atom is -0.490 e. The molecule has 1 heterocycles. The molecule has 0 saturated heterocycles. The third kappa shape index (κ3) is 4.21. The van der Waals surface area contributed by atoms with Gasteiger partial charge in [-0.2, -0.15) is 0 Å². The Balaban J connectivity index is 2.25. The molecule has 0 radical (unpaired) electrons. The first-order valence-electron chi connectivity index (χ1n) is 7.81. The molecule has 4 nitrogen and oxygen atoms in total. The number of nitrogens with two attached hydrogens (primary N) is 1. The molecule has 1 unspecified atom stereocenters. The lowest BCUT2D eigenvalue weighted by atomic mass is 10.0. The maximum absolute atomic E-state index is 6.33. The van der Waals surface area contributed by atoms with Gasteiger partial charge in [-0.15, -0.1) is 0 Å². The Kier molecular flexibility index (Phi) is 6.22. The van der Waals surface area contributed by atoms with Gasteiger partial charge in [0.2, 0.25) is 0 Å². The van der Waals surface area contributed by atoms with Crippen molar-refractivity contribution in [3.05, 3.63) is 53.9 Å². The summed E-state index contributed by atoms with van der Waals surface area (Å²) in [5.41, 5.74) is 8.29. The van der Waals surface area contributed by atoms with E-state index in [9.17, 15) is 0 Å². The molecule has 0 saturated carbocycles. The molecule has 0 bridgehead atoms. The van der Waals surface area contributed by atoms with Crippen LogP contribution in [0.25, 0.3) is 0 Å². The van der Waals surface area contributed by atoms with Crippen LogP contribution >= 0.6 is 0 Å². The first-order valence-corrected chi connectivity index (χ1v) is 7.81. The molecule has 2 rings (SSSR count). The Labute approximate surface area is 132 Å². The normalized spacial score (nSPS) is 12.0. The van der Waals surface area contributed by atoms with Crippen LogP contribution in [0.1, 0.15) is 43.9 Å². The summed E-state index contributed by atoms with van der Waals surface area (Å²) in [6.07, 6.45) is 5.45. The first-order chi connectivity index (χ1) is 10.8. The fourth-order valence-corrected chi connectivity index (χ4v) is 2.13. The van der Waals surface area contributed by atoms with Gasteiger partial charge in [-0.05, 0) is 42.2 Å². The summed E-state index contributed by atoms with van der Waals surface area (Å²) >= 11 is 0. The van der Waals surface area contributed by atoms with Crippen molar-refractivity contribution in [2.24, 2.45) is 5.73 Å². The van der Waals surface area contributed by atoms with E-state index >= 15 is 0 Å². The van der Waals surface area contributed by atoms with Gasteiger partial charge in [-0.25, -0.2) is 0 Å². The predicted molar refractivity (Wildman–Crippen MR) is 88.3 cm³/mol. The molecule has 1 aromatic carbocycles. The Morgan fingerprint density at radius 1 is 1.00 bits per heavy atom. The van der Waals surface area contributed by atoms with Crippen molar-refractivity contribution in [2.75, 3.05) is 13.2 Å². The van der Waals surface area contributed by atoms with Gasteiger partial charge >= 0.3 is 0 Å². The third-order valence-electron chi connectivity index (χ3n) is 3.29. The highest BCUT2D eigenvalue weighted by atomic mass is 16.5. The average molecular weight is 300 g/mol. The second-order valence-corrected chi connectivity index (χ2v) is 5.17. The van der Waals surface area contributed by atoms with Crippen LogP contribution in [0.5, 0.6) is 11.5 Å². The molecule has 0 spiro atoms. The Morgan fingerprint density at radius 2 is 1.73 bits per heavy atom. The van der Waals surface area contributed by atoms with Gasteiger partial charge in [0.05, 0.1) is 19.3 Å². The SMILES string of the molecule is CCCOc1ccc(C(N)c2cccnc2)cc1OCCC. The summed E-state index contributed by atoms with van der Waals surface area (Å²) in [7, 11) is 0. The Bertz CT molecular complexity index is 573. The van der Waals surface area contributed by atoms with Crippen molar-refractivity contribution in [1.29, 1.82) is 0 Å². The maximum Gasteiger partial charge on any atom is 0.161 e. The minimum atomic E-state index is -0.224. The van der Waals surface area contributed by atoms with Crippen molar-refractivity contribution < 1.29 is 9.47 Å². The van der Waals surface area contributed by atoms with E-state index < -0.39 is 0 Å². The molecule has 0 fully saturated rings. The van der Waals surface area contributed by atoms with E-state index in [1.54, 1.807) is 12.4 Å². The monoisotopic (exact) mass is 300 g/mol. The first kappa shape index (κ1) is 16.3. The van der Waals surface area contributed by atoms with E-state index in [1.807, 2.05) is 30.3 Å². The summed E-state index contributed by atoms with van der Waals surface area (Å²) in [5, 5.41) is 0. The van der Waals surface area contributed by atoms with Crippen LogP contribution in [-0.2, 0) is 0 Å². The lowest BCUT2D eigenvalue weighted by Crippen LogP contribution is -2.12. The van der Waals surface area contributed by atoms with E-state index in [1.165, 1.54) is 0 Å². The van der Waals surface area contributed by atoms with E-state index in [4.69, 9.17) is 15.2 Å². The lowest BCUT2D eigenvalue weighted by Gasteiger charge is -2.17. The molecule has 0 aliphatic carbocycles. The summed E-state index contributed by atoms with van der Waals surface area (Å²) in [6.45, 7) is 5.50. The minimum absolute atomic E-state index is 0.224. The van der Waals surface area contributed by atoms with E-state index in [0.29, 0.717) is 13.2 Å². The second-order valence-electron chi connectivity index (χ2n) is 5.17. The second kappa shape index (κ2) is 8.39. The molecule has 1 aromatic heterocycles. The predicted octanol–water partition coefficient (Wildman–Crippen LogP) is 3.71. The largest absolute Gasteiger partial charge is 0.490 e. The average Bonchev–Trinajstić information content (AvgIpc) is 2.58. The topological polar surface area (TPSA) is 57.4 Å². The van der Waals surface area contributed by atoms with Crippen molar-refractivity contribution in [2.45, 2.75) is 32.7 Å². The number of hydrogen-bond donors (Lipinski definition) is 1. The van der Waals surface area contributed by atoms with Crippen LogP contribution < -0.4 is 15.2 Å². The summed E-state index contributed by atoms with van der Waals surface area (Å²) in [4.78, 5) is 4.13. The van der Waals surface area contributed by atoms with Crippen molar-refractivity contribution in [3.8, 4) is 11.5 Å². The van der Waals surface area contributed by atoms with Crippen LogP contribution in [0, 0.1) is 0 Å². The molecule has 118 valence electrons. The van der Waals surface area contributed by atoms with Crippen molar-refractivity contribution in [1.82, 2.24) is 4.98 Å². The highest BCUT2D eigenvalue weighted by molar-refractivity contribution is 5.45. The Morgan fingerprint density at radius 3 is 2.36 bits per heavy atom. The zero-order valence-electron chi connectivity index (χ0n) is 13.3. The molecule has 0 amide bonds. The third-order valence-corrected chi connectivity index (χ3v) is 3.29. The van der Waals surface area contributed by atoms with Gasteiger partial charge < -0.3 is 15.2 Å². The maximum atomic E-state index is 6.33. The lowest BCUT2D eigenvalue weighted by molar-refractivity contribution is 0.268. The molecule has 1 atom stereocenters. The van der Waals surface area contributed by atoms with E-state index in [2.05, 4.69) is 18.8 Å². The number of hydrogen-bond acceptors (Lipinski definition) is 4. The number of aromatic nitrogens is 1. The van der Waals surface area contributed by atoms with Gasteiger partial charge in [0.1, 0.15) is 0 Å². The fourth-order valence-electron chi connectivity index (χ4n) is 2.13. The molecule has 22 heavy (non-hydrogen) atoms. The standard InChI is InChI=1S/C18H24N2O2/c1-3-10-21-16-8-7-14(12-17(16)22-11-4-2)18(19)15-6-5-9-20-13-15/h5-9,12-13,18H,3-4,10-11,19H2,1-2H3. The summed E-state index contributed by atoms with van der Waals surface area (Å²) < 4.78 is 11.6. The van der Waals surface area contributed by atoms with E-state index in [-0.39, 0.29) is 6.04 Å². The molecular formula is C18H24N2O2. The van der Waals surface area contributed by atoms with Crippen molar-refractivity contribution >= 4 is 0 Å². The van der Waals surface area contributed by atoms with Crippen LogP contribution in [-0.4, -0.2) is 18.2 Å². The fraction of sp³-hybridized carbons (Fsp3) is 0.389. The molecule has 0 aliphatic heterocycles. The molecule has 0 aliphatic rings.